The number of rotatable bonds is 2. The summed E-state index contributed by atoms with van der Waals surface area (Å²) in [7, 11) is 0. The second-order valence-electron chi connectivity index (χ2n) is 4.52. The quantitative estimate of drug-likeness (QED) is 0.554. The minimum absolute atomic E-state index is 0.274. The summed E-state index contributed by atoms with van der Waals surface area (Å²) in [6.07, 6.45) is 0. The standard InChI is InChI=1S/C15H10F3N3/c16-9-6-11(17)15(18)13(7-9)21-14-4-1-8-5-10(19)2-3-12(8)20-14/h1-7H,19H2,(H,20,21). The fraction of sp³-hybridized carbons (Fsp3) is 0. The molecule has 0 saturated heterocycles. The predicted octanol–water partition coefficient (Wildman–Crippen LogP) is 3.98. The van der Waals surface area contributed by atoms with Crippen LogP contribution in [0.25, 0.3) is 10.9 Å². The van der Waals surface area contributed by atoms with E-state index >= 15 is 0 Å². The van der Waals surface area contributed by atoms with Crippen LogP contribution in [0.1, 0.15) is 0 Å². The fourth-order valence-electron chi connectivity index (χ4n) is 2.00. The summed E-state index contributed by atoms with van der Waals surface area (Å²) < 4.78 is 39.9. The Morgan fingerprint density at radius 2 is 1.76 bits per heavy atom. The number of fused-ring (bicyclic) bond motifs is 1. The topological polar surface area (TPSA) is 50.9 Å². The van der Waals surface area contributed by atoms with Gasteiger partial charge in [-0.2, -0.15) is 0 Å². The molecule has 6 heteroatoms. The average molecular weight is 289 g/mol. The van der Waals surface area contributed by atoms with Crippen molar-refractivity contribution in [1.82, 2.24) is 4.98 Å². The fourth-order valence-corrected chi connectivity index (χ4v) is 2.00. The van der Waals surface area contributed by atoms with E-state index in [0.717, 1.165) is 11.5 Å². The number of hydrogen-bond acceptors (Lipinski definition) is 3. The number of halogens is 3. The highest BCUT2D eigenvalue weighted by atomic mass is 19.2. The minimum atomic E-state index is -1.26. The van der Waals surface area contributed by atoms with Crippen LogP contribution < -0.4 is 11.1 Å². The largest absolute Gasteiger partial charge is 0.399 e. The summed E-state index contributed by atoms with van der Waals surface area (Å²) in [6.45, 7) is 0. The molecule has 106 valence electrons. The molecule has 0 amide bonds. The van der Waals surface area contributed by atoms with Gasteiger partial charge >= 0.3 is 0 Å². The molecule has 0 fully saturated rings. The Morgan fingerprint density at radius 3 is 2.57 bits per heavy atom. The maximum atomic E-state index is 13.6. The van der Waals surface area contributed by atoms with Crippen molar-refractivity contribution in [3.63, 3.8) is 0 Å². The molecule has 0 aliphatic rings. The van der Waals surface area contributed by atoms with Crippen molar-refractivity contribution >= 4 is 28.1 Å². The maximum Gasteiger partial charge on any atom is 0.182 e. The van der Waals surface area contributed by atoms with E-state index in [1.807, 2.05) is 0 Å². The number of nitrogens with two attached hydrogens (primary N) is 1. The van der Waals surface area contributed by atoms with Crippen molar-refractivity contribution in [2.75, 3.05) is 11.1 Å². The number of hydrogen-bond donors (Lipinski definition) is 2. The van der Waals surface area contributed by atoms with Crippen molar-refractivity contribution in [2.45, 2.75) is 0 Å². The first-order chi connectivity index (χ1) is 10.0. The zero-order valence-corrected chi connectivity index (χ0v) is 10.7. The summed E-state index contributed by atoms with van der Waals surface area (Å²) >= 11 is 0. The highest BCUT2D eigenvalue weighted by Crippen LogP contribution is 2.24. The molecular weight excluding hydrogens is 279 g/mol. The Morgan fingerprint density at radius 1 is 0.952 bits per heavy atom. The van der Waals surface area contributed by atoms with Crippen LogP contribution >= 0.6 is 0 Å². The summed E-state index contributed by atoms with van der Waals surface area (Å²) in [5.41, 5.74) is 6.58. The van der Waals surface area contributed by atoms with Gasteiger partial charge in [0.1, 0.15) is 11.6 Å². The van der Waals surface area contributed by atoms with Crippen molar-refractivity contribution in [2.24, 2.45) is 0 Å². The molecule has 0 aliphatic carbocycles. The number of pyridine rings is 1. The molecule has 0 unspecified atom stereocenters. The SMILES string of the molecule is Nc1ccc2nc(Nc3cc(F)cc(F)c3F)ccc2c1. The van der Waals surface area contributed by atoms with Crippen LogP contribution in [0.2, 0.25) is 0 Å². The van der Waals surface area contributed by atoms with Crippen molar-refractivity contribution in [3.8, 4) is 0 Å². The van der Waals surface area contributed by atoms with E-state index < -0.39 is 17.5 Å². The second-order valence-corrected chi connectivity index (χ2v) is 4.52. The predicted molar refractivity (Wildman–Crippen MR) is 75.8 cm³/mol. The molecule has 1 aromatic heterocycles. The van der Waals surface area contributed by atoms with Gasteiger partial charge in [-0.25, -0.2) is 18.2 Å². The van der Waals surface area contributed by atoms with E-state index in [1.54, 1.807) is 30.3 Å². The third-order valence-electron chi connectivity index (χ3n) is 2.97. The molecule has 0 saturated carbocycles. The lowest BCUT2D eigenvalue weighted by molar-refractivity contribution is 0.498. The monoisotopic (exact) mass is 289 g/mol. The smallest absolute Gasteiger partial charge is 0.182 e. The van der Waals surface area contributed by atoms with E-state index in [4.69, 9.17) is 5.73 Å². The van der Waals surface area contributed by atoms with Crippen molar-refractivity contribution in [3.05, 3.63) is 59.9 Å². The van der Waals surface area contributed by atoms with E-state index in [2.05, 4.69) is 10.3 Å². The molecule has 21 heavy (non-hydrogen) atoms. The highest BCUT2D eigenvalue weighted by Gasteiger charge is 2.11. The van der Waals surface area contributed by atoms with Gasteiger partial charge in [-0.15, -0.1) is 0 Å². The minimum Gasteiger partial charge on any atom is -0.399 e. The van der Waals surface area contributed by atoms with Crippen LogP contribution in [0.3, 0.4) is 0 Å². The molecule has 3 N–H and O–H groups in total. The zero-order valence-electron chi connectivity index (χ0n) is 10.7. The molecule has 0 atom stereocenters. The lowest BCUT2D eigenvalue weighted by Crippen LogP contribution is -1.99. The number of nitrogen functional groups attached to an aromatic ring is 1. The lowest BCUT2D eigenvalue weighted by Gasteiger charge is -2.09. The first-order valence-corrected chi connectivity index (χ1v) is 6.11. The molecule has 0 spiro atoms. The molecule has 3 aromatic rings. The summed E-state index contributed by atoms with van der Waals surface area (Å²) in [5.74, 6) is -3.01. The van der Waals surface area contributed by atoms with E-state index in [1.165, 1.54) is 0 Å². The Labute approximate surface area is 118 Å². The van der Waals surface area contributed by atoms with Crippen LogP contribution in [0.5, 0.6) is 0 Å². The van der Waals surface area contributed by atoms with Gasteiger partial charge in [0.05, 0.1) is 11.2 Å². The lowest BCUT2D eigenvalue weighted by atomic mass is 10.2. The first-order valence-electron chi connectivity index (χ1n) is 6.11. The zero-order chi connectivity index (χ0) is 15.0. The highest BCUT2D eigenvalue weighted by molar-refractivity contribution is 5.83. The number of aromatic nitrogens is 1. The van der Waals surface area contributed by atoms with Crippen LogP contribution in [-0.2, 0) is 0 Å². The Hall–Kier alpha value is -2.76. The van der Waals surface area contributed by atoms with E-state index in [9.17, 15) is 13.2 Å². The van der Waals surface area contributed by atoms with Crippen molar-refractivity contribution < 1.29 is 13.2 Å². The van der Waals surface area contributed by atoms with Crippen LogP contribution in [0, 0.1) is 17.5 Å². The van der Waals surface area contributed by atoms with Gasteiger partial charge < -0.3 is 11.1 Å². The van der Waals surface area contributed by atoms with Gasteiger partial charge in [-0.1, -0.05) is 0 Å². The molecular formula is C15H10F3N3. The Balaban J connectivity index is 2.00. The molecule has 0 radical (unpaired) electrons. The number of anilines is 3. The van der Waals surface area contributed by atoms with E-state index in [-0.39, 0.29) is 11.5 Å². The van der Waals surface area contributed by atoms with Gasteiger partial charge in [0, 0.05) is 23.2 Å². The maximum absolute atomic E-state index is 13.6. The van der Waals surface area contributed by atoms with Gasteiger partial charge in [0.2, 0.25) is 0 Å². The molecule has 3 rings (SSSR count). The second kappa shape index (κ2) is 4.97. The van der Waals surface area contributed by atoms with Gasteiger partial charge in [0.15, 0.2) is 11.6 Å². The number of nitrogens with one attached hydrogen (secondary N) is 1. The molecule has 0 bridgehead atoms. The third kappa shape index (κ3) is 2.60. The summed E-state index contributed by atoms with van der Waals surface area (Å²) in [5, 5.41) is 3.37. The van der Waals surface area contributed by atoms with Gasteiger partial charge in [0.25, 0.3) is 0 Å². The summed E-state index contributed by atoms with van der Waals surface area (Å²) in [4.78, 5) is 4.23. The van der Waals surface area contributed by atoms with Crippen LogP contribution in [0.4, 0.5) is 30.4 Å². The average Bonchev–Trinajstić information content (AvgIpc) is 2.44. The molecule has 0 aliphatic heterocycles. The normalized spacial score (nSPS) is 10.8. The number of benzene rings is 2. The molecule has 1 heterocycles. The van der Waals surface area contributed by atoms with E-state index in [0.29, 0.717) is 17.3 Å². The Kier molecular flexibility index (Phi) is 3.13. The Bertz CT molecular complexity index is 834. The van der Waals surface area contributed by atoms with Gasteiger partial charge in [-0.3, -0.25) is 0 Å². The number of nitrogens with zero attached hydrogens (tertiary/aromatic N) is 1. The molecule has 3 nitrogen and oxygen atoms in total. The van der Waals surface area contributed by atoms with Crippen LogP contribution in [0.15, 0.2) is 42.5 Å². The summed E-state index contributed by atoms with van der Waals surface area (Å²) in [6, 6.07) is 9.79. The molecule has 2 aromatic carbocycles. The third-order valence-corrected chi connectivity index (χ3v) is 2.97. The van der Waals surface area contributed by atoms with Crippen molar-refractivity contribution in [1.29, 1.82) is 0 Å². The first kappa shape index (κ1) is 13.2. The van der Waals surface area contributed by atoms with Gasteiger partial charge in [-0.05, 0) is 30.3 Å². The van der Waals surface area contributed by atoms with Crippen LogP contribution in [-0.4, -0.2) is 4.98 Å².